The van der Waals surface area contributed by atoms with E-state index in [2.05, 4.69) is 4.74 Å². The van der Waals surface area contributed by atoms with Gasteiger partial charge in [0.15, 0.2) is 6.17 Å². The van der Waals surface area contributed by atoms with E-state index in [9.17, 15) is 4.39 Å². The van der Waals surface area contributed by atoms with Gasteiger partial charge in [0.2, 0.25) is 0 Å². The number of halogens is 1. The van der Waals surface area contributed by atoms with Crippen molar-refractivity contribution in [3.8, 4) is 0 Å². The zero-order chi connectivity index (χ0) is 3.70. The molecule has 0 amide bonds. The van der Waals surface area contributed by atoms with E-state index in [1.54, 1.807) is 0 Å². The molecule has 0 aromatic carbocycles. The number of ether oxygens (including phenoxy) is 1. The third-order valence-electron chi connectivity index (χ3n) is 0.517. The molecule has 1 heterocycles. The Kier molecular flexibility index (Phi) is 0.580. The van der Waals surface area contributed by atoms with Crippen molar-refractivity contribution < 1.29 is 9.13 Å². The van der Waals surface area contributed by atoms with Gasteiger partial charge >= 0.3 is 0 Å². The third-order valence-corrected chi connectivity index (χ3v) is 0.517. The molecule has 0 bridgehead atoms. The molecule has 0 N–H and O–H groups in total. The van der Waals surface area contributed by atoms with Gasteiger partial charge in [0.25, 0.3) is 0 Å². The Hall–Kier alpha value is -0.110. The fraction of sp³-hybridized carbons (Fsp3) is 0.667. The molecule has 1 aliphatic heterocycles. The normalized spacial score (nSPS) is 25.8. The van der Waals surface area contributed by atoms with E-state index < -0.39 is 0 Å². The first kappa shape index (κ1) is 3.09. The molecule has 1 nitrogen and oxygen atoms in total. The Balaban J connectivity index is 2.08. The van der Waals surface area contributed by atoms with Gasteiger partial charge in [-0.05, 0) is 0 Å². The molecule has 5 heavy (non-hydrogen) atoms. The summed E-state index contributed by atoms with van der Waals surface area (Å²) in [5.41, 5.74) is 0. The van der Waals surface area contributed by atoms with Crippen LogP contribution in [0.4, 0.5) is 4.39 Å². The van der Waals surface area contributed by atoms with Crippen LogP contribution < -0.4 is 0 Å². The lowest BCUT2D eigenvalue weighted by atomic mass is 10.4. The number of rotatable bonds is 0. The third kappa shape index (κ3) is 0.401. The molecule has 1 rings (SSSR count). The first-order valence-electron chi connectivity index (χ1n) is 1.47. The summed E-state index contributed by atoms with van der Waals surface area (Å²) in [6.45, 7) is 0.472. The summed E-state index contributed by atoms with van der Waals surface area (Å²) in [6, 6.07) is 0. The summed E-state index contributed by atoms with van der Waals surface area (Å²) in [5.74, 6) is 0. The van der Waals surface area contributed by atoms with Crippen LogP contribution in [0.3, 0.4) is 0 Å². The first-order valence-corrected chi connectivity index (χ1v) is 1.47. The van der Waals surface area contributed by atoms with E-state index in [0.29, 0.717) is 0 Å². The van der Waals surface area contributed by atoms with Crippen LogP contribution in [0.1, 0.15) is 0 Å². The predicted octanol–water partition coefficient (Wildman–Crippen LogP) is 0.518. The molecule has 0 saturated carbocycles. The minimum atomic E-state index is -0.0370. The minimum absolute atomic E-state index is 0.0370. The molecular weight excluding hydrogens is 71.0 g/mol. The molecule has 29 valence electrons. The predicted molar refractivity (Wildman–Crippen MR) is 15.2 cm³/mol. The fourth-order valence-electron chi connectivity index (χ4n) is 0.179. The quantitative estimate of drug-likeness (QED) is 0.408. The van der Waals surface area contributed by atoms with Crippen molar-refractivity contribution in [2.45, 2.75) is 0 Å². The van der Waals surface area contributed by atoms with Gasteiger partial charge in [-0.1, -0.05) is 0 Å². The van der Waals surface area contributed by atoms with Gasteiger partial charge in [-0.25, -0.2) is 4.39 Å². The monoisotopic (exact) mass is 75.0 g/mol. The van der Waals surface area contributed by atoms with Gasteiger partial charge in [-0.2, -0.15) is 0 Å². The molecule has 0 unspecified atom stereocenters. The van der Waals surface area contributed by atoms with Crippen LogP contribution in [0.2, 0.25) is 0 Å². The van der Waals surface area contributed by atoms with Crippen molar-refractivity contribution in [1.82, 2.24) is 0 Å². The number of hydrogen-bond acceptors (Lipinski definition) is 1. The second-order valence-corrected chi connectivity index (χ2v) is 1.01. The first-order chi connectivity index (χ1) is 2.39. The Labute approximate surface area is 29.7 Å². The summed E-state index contributed by atoms with van der Waals surface area (Å²) in [6.07, 6.45) is -0.0370. The summed E-state index contributed by atoms with van der Waals surface area (Å²) in [4.78, 5) is 0. The van der Waals surface area contributed by atoms with Crippen LogP contribution in [0.5, 0.6) is 0 Å². The summed E-state index contributed by atoms with van der Waals surface area (Å²) >= 11 is 0. The zero-order valence-corrected chi connectivity index (χ0v) is 2.70. The molecule has 2 heteroatoms. The highest BCUT2D eigenvalue weighted by atomic mass is 19.1. The SMILES string of the molecule is F[C]1COC1. The van der Waals surface area contributed by atoms with E-state index in [0.717, 1.165) is 0 Å². The average Bonchev–Trinajstić information content (AvgIpc) is 1.30. The van der Waals surface area contributed by atoms with Gasteiger partial charge in [-0.3, -0.25) is 0 Å². The fourth-order valence-corrected chi connectivity index (χ4v) is 0.179. The molecule has 0 aromatic heterocycles. The Bertz CT molecular complexity index is 33.9. The topological polar surface area (TPSA) is 9.23 Å². The summed E-state index contributed by atoms with van der Waals surface area (Å²) < 4.78 is 15.7. The van der Waals surface area contributed by atoms with Crippen LogP contribution >= 0.6 is 0 Å². The number of hydrogen-bond donors (Lipinski definition) is 0. The van der Waals surface area contributed by atoms with Crippen LogP contribution in [-0.2, 0) is 4.74 Å². The van der Waals surface area contributed by atoms with Crippen molar-refractivity contribution in [1.29, 1.82) is 0 Å². The Morgan fingerprint density at radius 2 is 2.00 bits per heavy atom. The van der Waals surface area contributed by atoms with Gasteiger partial charge in [0.1, 0.15) is 0 Å². The van der Waals surface area contributed by atoms with Crippen molar-refractivity contribution in [3.05, 3.63) is 6.17 Å². The van der Waals surface area contributed by atoms with Gasteiger partial charge in [0.05, 0.1) is 13.2 Å². The maximum absolute atomic E-state index is 11.3. The van der Waals surface area contributed by atoms with Crippen LogP contribution in [0, 0.1) is 6.17 Å². The van der Waals surface area contributed by atoms with Crippen LogP contribution in [0.15, 0.2) is 0 Å². The Morgan fingerprint density at radius 1 is 1.60 bits per heavy atom. The summed E-state index contributed by atoms with van der Waals surface area (Å²) in [5, 5.41) is 0. The van der Waals surface area contributed by atoms with Gasteiger partial charge in [0, 0.05) is 0 Å². The van der Waals surface area contributed by atoms with Crippen molar-refractivity contribution in [2.75, 3.05) is 13.2 Å². The van der Waals surface area contributed by atoms with E-state index in [-0.39, 0.29) is 19.4 Å². The highest BCUT2D eigenvalue weighted by Gasteiger charge is 2.17. The molecule has 1 saturated heterocycles. The van der Waals surface area contributed by atoms with E-state index >= 15 is 0 Å². The maximum Gasteiger partial charge on any atom is 0.195 e. The molecular formula is C3H4FO. The average molecular weight is 75.1 g/mol. The lowest BCUT2D eigenvalue weighted by Crippen LogP contribution is -2.20. The van der Waals surface area contributed by atoms with Crippen LogP contribution in [0.25, 0.3) is 0 Å². The second kappa shape index (κ2) is 0.937. The molecule has 1 radical (unpaired) electrons. The second-order valence-electron chi connectivity index (χ2n) is 1.01. The molecule has 0 aromatic rings. The Morgan fingerprint density at radius 3 is 2.00 bits per heavy atom. The van der Waals surface area contributed by atoms with Gasteiger partial charge in [-0.15, -0.1) is 0 Å². The largest absolute Gasteiger partial charge is 0.374 e. The van der Waals surface area contributed by atoms with Gasteiger partial charge < -0.3 is 4.74 Å². The minimum Gasteiger partial charge on any atom is -0.374 e. The zero-order valence-electron chi connectivity index (χ0n) is 2.70. The molecule has 0 spiro atoms. The smallest absolute Gasteiger partial charge is 0.195 e. The highest BCUT2D eigenvalue weighted by molar-refractivity contribution is 4.82. The standard InChI is InChI=1S/C3H4FO/c4-3-1-5-2-3/h1-2H2. The van der Waals surface area contributed by atoms with E-state index in [4.69, 9.17) is 0 Å². The maximum atomic E-state index is 11.3. The lowest BCUT2D eigenvalue weighted by Gasteiger charge is -2.14. The van der Waals surface area contributed by atoms with Crippen LogP contribution in [-0.4, -0.2) is 13.2 Å². The molecule has 1 aliphatic rings. The van der Waals surface area contributed by atoms with E-state index in [1.807, 2.05) is 0 Å². The molecule has 0 aliphatic carbocycles. The molecule has 0 atom stereocenters. The van der Waals surface area contributed by atoms with Crippen molar-refractivity contribution in [3.63, 3.8) is 0 Å². The summed E-state index contributed by atoms with van der Waals surface area (Å²) in [7, 11) is 0. The lowest BCUT2D eigenvalue weighted by molar-refractivity contribution is 0.0170. The highest BCUT2D eigenvalue weighted by Crippen LogP contribution is 2.11. The van der Waals surface area contributed by atoms with Crippen molar-refractivity contribution >= 4 is 0 Å². The van der Waals surface area contributed by atoms with E-state index in [1.165, 1.54) is 0 Å². The van der Waals surface area contributed by atoms with Crippen molar-refractivity contribution in [2.24, 2.45) is 0 Å². The molecule has 1 fully saturated rings.